The molecule has 12 nitrogen and oxygen atoms in total. The van der Waals surface area contributed by atoms with E-state index in [2.05, 4.69) is 20.8 Å². The summed E-state index contributed by atoms with van der Waals surface area (Å²) in [6.45, 7) is 9.48. The third-order valence-corrected chi connectivity index (χ3v) is 12.6. The van der Waals surface area contributed by atoms with E-state index >= 15 is 0 Å². The largest absolute Gasteiger partial charge is 0.514 e. The first-order chi connectivity index (χ1) is 22.7. The number of methoxy groups -OCH3 is 1. The molecular weight excluding hydrogens is 622 g/mol. The monoisotopic (exact) mass is 671 g/mol. The molecule has 4 aliphatic carbocycles. The van der Waals surface area contributed by atoms with Gasteiger partial charge in [-0.15, -0.1) is 0 Å². The lowest BCUT2D eigenvalue weighted by molar-refractivity contribution is -0.384. The molecule has 12 heteroatoms. The molecule has 0 aliphatic heterocycles. The molecule has 0 heterocycles. The van der Waals surface area contributed by atoms with Crippen LogP contribution in [-0.4, -0.2) is 54.4 Å². The quantitative estimate of drug-likeness (QED) is 0.0893. The van der Waals surface area contributed by atoms with Crippen molar-refractivity contribution in [3.8, 4) is 5.75 Å². The number of hydrogen-bond donors (Lipinski definition) is 0. The molecule has 0 N–H and O–H groups in total. The lowest BCUT2D eigenvalue weighted by Crippen LogP contribution is -2.63. The molecule has 4 fully saturated rings. The van der Waals surface area contributed by atoms with Gasteiger partial charge in [0.15, 0.2) is 0 Å². The zero-order chi connectivity index (χ0) is 35.0. The van der Waals surface area contributed by atoms with Crippen LogP contribution in [0.3, 0.4) is 0 Å². The van der Waals surface area contributed by atoms with Gasteiger partial charge in [-0.25, -0.2) is 4.79 Å². The van der Waals surface area contributed by atoms with Crippen molar-refractivity contribution in [3.05, 3.63) is 34.4 Å². The van der Waals surface area contributed by atoms with E-state index in [1.165, 1.54) is 45.2 Å². The zero-order valence-corrected chi connectivity index (χ0v) is 28.8. The maximum absolute atomic E-state index is 13.5. The molecule has 264 valence electrons. The number of nitro benzene ring substituents is 1. The summed E-state index contributed by atoms with van der Waals surface area (Å²) in [5, 5.41) is 11.1. The fourth-order valence-corrected chi connectivity index (χ4v) is 10.4. The van der Waals surface area contributed by atoms with Crippen molar-refractivity contribution in [2.45, 2.75) is 111 Å². The van der Waals surface area contributed by atoms with E-state index in [-0.39, 0.29) is 88.9 Å². The maximum Gasteiger partial charge on any atom is 0.514 e. The van der Waals surface area contributed by atoms with E-state index in [0.717, 1.165) is 25.7 Å². The second kappa shape index (κ2) is 14.0. The summed E-state index contributed by atoms with van der Waals surface area (Å²) in [6, 6.07) is 5.27. The number of nitrogens with zero attached hydrogens (tertiary/aromatic N) is 1. The highest BCUT2D eigenvalue weighted by atomic mass is 16.7. The van der Waals surface area contributed by atoms with Gasteiger partial charge >= 0.3 is 24.1 Å². The minimum absolute atomic E-state index is 0.0359. The van der Waals surface area contributed by atoms with Crippen LogP contribution >= 0.6 is 0 Å². The third-order valence-electron chi connectivity index (χ3n) is 12.6. The fraction of sp³-hybridized carbons (Fsp3) is 0.722. The molecule has 4 aliphatic rings. The SMILES string of the molecule is COC(=O)CC[C@@H](C)[C@H]1CC[C@H]2[C@@H]3[C@H](OC(C)=O)C[C@@H]4C[C@H](OC(C)=O)CC[C@]4(C)[C@H]3C[C@H](OC(=O)Oc3ccc([N+](=O)[O-])cc3)[C@]12C. The normalized spacial score (nSPS) is 35.9. The first-order valence-electron chi connectivity index (χ1n) is 17.2. The molecule has 0 aromatic heterocycles. The van der Waals surface area contributed by atoms with Crippen LogP contribution in [0.1, 0.15) is 92.4 Å². The van der Waals surface area contributed by atoms with E-state index in [4.69, 9.17) is 23.7 Å². The van der Waals surface area contributed by atoms with Gasteiger partial charge in [0.25, 0.3) is 5.69 Å². The molecule has 5 rings (SSSR count). The van der Waals surface area contributed by atoms with Crippen LogP contribution in [0.5, 0.6) is 5.75 Å². The zero-order valence-electron chi connectivity index (χ0n) is 28.8. The Morgan fingerprint density at radius 1 is 0.938 bits per heavy atom. The Kier molecular flexibility index (Phi) is 10.4. The van der Waals surface area contributed by atoms with Crippen molar-refractivity contribution >= 4 is 29.8 Å². The lowest BCUT2D eigenvalue weighted by atomic mass is 9.43. The van der Waals surface area contributed by atoms with Crippen molar-refractivity contribution in [1.82, 2.24) is 0 Å². The van der Waals surface area contributed by atoms with Crippen LogP contribution in [0, 0.1) is 56.5 Å². The fourth-order valence-electron chi connectivity index (χ4n) is 10.4. The summed E-state index contributed by atoms with van der Waals surface area (Å²) in [4.78, 5) is 60.6. The molecule has 0 unspecified atom stereocenters. The summed E-state index contributed by atoms with van der Waals surface area (Å²) in [6.07, 6.45) is 4.14. The van der Waals surface area contributed by atoms with Gasteiger partial charge in [-0.3, -0.25) is 24.5 Å². The van der Waals surface area contributed by atoms with Crippen LogP contribution < -0.4 is 4.74 Å². The molecule has 1 aromatic carbocycles. The van der Waals surface area contributed by atoms with Crippen LogP contribution in [0.25, 0.3) is 0 Å². The molecule has 0 spiro atoms. The van der Waals surface area contributed by atoms with Gasteiger partial charge < -0.3 is 23.7 Å². The topological polar surface area (TPSA) is 158 Å². The van der Waals surface area contributed by atoms with Crippen LogP contribution in [0.2, 0.25) is 0 Å². The van der Waals surface area contributed by atoms with E-state index in [0.29, 0.717) is 25.7 Å². The van der Waals surface area contributed by atoms with Crippen molar-refractivity contribution < 1.29 is 47.8 Å². The van der Waals surface area contributed by atoms with Crippen molar-refractivity contribution in [2.75, 3.05) is 7.11 Å². The summed E-state index contributed by atoms with van der Waals surface area (Å²) >= 11 is 0. The van der Waals surface area contributed by atoms with Crippen LogP contribution in [0.15, 0.2) is 24.3 Å². The first-order valence-corrected chi connectivity index (χ1v) is 17.2. The van der Waals surface area contributed by atoms with Gasteiger partial charge in [0.1, 0.15) is 24.1 Å². The highest BCUT2D eigenvalue weighted by Gasteiger charge is 2.67. The number of carbonyl (C=O) groups is 4. The smallest absolute Gasteiger partial charge is 0.469 e. The molecular formula is C36H49NO11. The second-order valence-corrected chi connectivity index (χ2v) is 15.0. The average Bonchev–Trinajstić information content (AvgIpc) is 3.38. The Hall–Kier alpha value is -3.70. The van der Waals surface area contributed by atoms with Gasteiger partial charge in [-0.2, -0.15) is 0 Å². The molecule has 0 radical (unpaired) electrons. The number of esters is 3. The number of non-ortho nitro benzene ring substituents is 1. The third kappa shape index (κ3) is 6.89. The number of carbonyl (C=O) groups excluding carboxylic acids is 4. The number of nitro groups is 1. The highest BCUT2D eigenvalue weighted by molar-refractivity contribution is 5.69. The standard InChI is InChI=1S/C36H49NO11/c1-20(7-14-32(40)44-6)27-12-13-28-33-29(35(4)16-15-26(45-21(2)38)17-23(35)18-30(33)46-22(3)39)19-31(36(27,28)5)48-34(41)47-25-10-8-24(9-11-25)37(42)43/h8-11,20,23,26-31,33H,7,12-19H2,1-6H3/t20-,23+,26-,27-,28+,29+,30-,31+,33+,35+,36-/m1/s1. The summed E-state index contributed by atoms with van der Waals surface area (Å²) in [5.41, 5.74) is -0.801. The number of benzene rings is 1. The van der Waals surface area contributed by atoms with Crippen molar-refractivity contribution in [1.29, 1.82) is 0 Å². The van der Waals surface area contributed by atoms with E-state index < -0.39 is 22.6 Å². The van der Waals surface area contributed by atoms with Crippen LogP contribution in [-0.2, 0) is 33.3 Å². The van der Waals surface area contributed by atoms with Gasteiger partial charge in [0.05, 0.1) is 12.0 Å². The Balaban J connectivity index is 1.49. The predicted octanol–water partition coefficient (Wildman–Crippen LogP) is 6.81. The van der Waals surface area contributed by atoms with Gasteiger partial charge in [-0.1, -0.05) is 20.8 Å². The Labute approximate surface area is 281 Å². The van der Waals surface area contributed by atoms with E-state index in [1.807, 2.05) is 0 Å². The lowest BCUT2D eigenvalue weighted by Gasteiger charge is -2.64. The summed E-state index contributed by atoms with van der Waals surface area (Å²) < 4.78 is 28.6. The van der Waals surface area contributed by atoms with Crippen LogP contribution in [0.4, 0.5) is 10.5 Å². The minimum Gasteiger partial charge on any atom is -0.469 e. The molecule has 4 saturated carbocycles. The number of rotatable bonds is 9. The summed E-state index contributed by atoms with van der Waals surface area (Å²) in [7, 11) is 1.38. The Morgan fingerprint density at radius 3 is 2.25 bits per heavy atom. The molecule has 0 bridgehead atoms. The average molecular weight is 672 g/mol. The molecule has 11 atom stereocenters. The molecule has 0 saturated heterocycles. The maximum atomic E-state index is 13.5. The minimum atomic E-state index is -0.882. The predicted molar refractivity (Wildman–Crippen MR) is 171 cm³/mol. The van der Waals surface area contributed by atoms with Gasteiger partial charge in [0.2, 0.25) is 0 Å². The highest BCUT2D eigenvalue weighted by Crippen LogP contribution is 2.69. The Bertz CT molecular complexity index is 1400. The number of fused-ring (bicyclic) bond motifs is 5. The van der Waals surface area contributed by atoms with Gasteiger partial charge in [-0.05, 0) is 98.5 Å². The van der Waals surface area contributed by atoms with Crippen molar-refractivity contribution in [2.24, 2.45) is 46.3 Å². The number of hydrogen-bond acceptors (Lipinski definition) is 11. The van der Waals surface area contributed by atoms with E-state index in [9.17, 15) is 29.3 Å². The van der Waals surface area contributed by atoms with Gasteiger partial charge in [0, 0.05) is 43.7 Å². The molecule has 1 aromatic rings. The number of ether oxygens (including phenoxy) is 5. The molecule has 0 amide bonds. The first kappa shape index (κ1) is 35.6. The molecule has 48 heavy (non-hydrogen) atoms. The Morgan fingerprint density at radius 2 is 1.62 bits per heavy atom. The second-order valence-electron chi connectivity index (χ2n) is 15.0. The van der Waals surface area contributed by atoms with E-state index in [1.54, 1.807) is 0 Å². The summed E-state index contributed by atoms with van der Waals surface area (Å²) in [5.74, 6) is -0.259. The van der Waals surface area contributed by atoms with Crippen molar-refractivity contribution in [3.63, 3.8) is 0 Å².